The summed E-state index contributed by atoms with van der Waals surface area (Å²) in [6.07, 6.45) is 4.38. The molecule has 1 unspecified atom stereocenters. The Morgan fingerprint density at radius 2 is 2.15 bits per heavy atom. The van der Waals surface area contributed by atoms with Crippen LogP contribution in [0.1, 0.15) is 23.7 Å². The molecular weight excluding hydrogens is 340 g/mol. The van der Waals surface area contributed by atoms with E-state index >= 15 is 0 Å². The fourth-order valence-electron chi connectivity index (χ4n) is 3.59. The molecule has 0 radical (unpaired) electrons. The molecule has 3 aromatic rings. The van der Waals surface area contributed by atoms with Crippen molar-refractivity contribution in [2.24, 2.45) is 5.92 Å². The molecule has 27 heavy (non-hydrogen) atoms. The Bertz CT molecular complexity index is 995. The average molecular weight is 362 g/mol. The summed E-state index contributed by atoms with van der Waals surface area (Å²) >= 11 is 0. The highest BCUT2D eigenvalue weighted by atomic mass is 16.2. The molecule has 4 rings (SSSR count). The molecule has 1 aliphatic rings. The van der Waals surface area contributed by atoms with E-state index in [1.165, 1.54) is 0 Å². The number of likely N-dealkylation sites (tertiary alicyclic amines) is 1. The Morgan fingerprint density at radius 3 is 3.00 bits per heavy atom. The van der Waals surface area contributed by atoms with Crippen LogP contribution in [0.15, 0.2) is 48.8 Å². The van der Waals surface area contributed by atoms with Crippen molar-refractivity contribution in [3.05, 3.63) is 54.4 Å². The molecule has 138 valence electrons. The lowest BCUT2D eigenvalue weighted by Crippen LogP contribution is -2.34. The minimum atomic E-state index is -0.114. The van der Waals surface area contributed by atoms with Crippen LogP contribution in [0.2, 0.25) is 0 Å². The van der Waals surface area contributed by atoms with Gasteiger partial charge in [0.25, 0.3) is 5.91 Å². The van der Waals surface area contributed by atoms with Gasteiger partial charge in [0, 0.05) is 48.5 Å². The van der Waals surface area contributed by atoms with Gasteiger partial charge in [-0.3, -0.25) is 9.59 Å². The van der Waals surface area contributed by atoms with Gasteiger partial charge in [0.05, 0.1) is 5.92 Å². The largest absolute Gasteiger partial charge is 0.356 e. The summed E-state index contributed by atoms with van der Waals surface area (Å²) in [5.41, 5.74) is 3.41. The maximum absolute atomic E-state index is 12.9. The number of aromatic nitrogens is 2. The Hall–Kier alpha value is -3.15. The number of hydrogen-bond acceptors (Lipinski definition) is 3. The van der Waals surface area contributed by atoms with Crippen LogP contribution in [0.4, 0.5) is 0 Å². The van der Waals surface area contributed by atoms with E-state index in [9.17, 15) is 9.59 Å². The van der Waals surface area contributed by atoms with Gasteiger partial charge in [-0.2, -0.15) is 0 Å². The first-order valence-electron chi connectivity index (χ1n) is 9.26. The molecule has 2 N–H and O–H groups in total. The second-order valence-corrected chi connectivity index (χ2v) is 6.85. The lowest BCUT2D eigenvalue weighted by Gasteiger charge is -2.17. The van der Waals surface area contributed by atoms with Crippen molar-refractivity contribution in [1.29, 1.82) is 0 Å². The van der Waals surface area contributed by atoms with Crippen molar-refractivity contribution < 1.29 is 9.59 Å². The molecule has 2 amide bonds. The smallest absolute Gasteiger partial charge is 0.253 e. The van der Waals surface area contributed by atoms with E-state index in [0.717, 1.165) is 22.2 Å². The lowest BCUT2D eigenvalue weighted by molar-refractivity contribution is -0.124. The highest BCUT2D eigenvalue weighted by molar-refractivity contribution is 5.96. The molecule has 1 aromatic carbocycles. The predicted octanol–water partition coefficient (Wildman–Crippen LogP) is 2.83. The van der Waals surface area contributed by atoms with Gasteiger partial charge in [0.2, 0.25) is 5.91 Å². The first kappa shape index (κ1) is 17.3. The van der Waals surface area contributed by atoms with Crippen molar-refractivity contribution in [1.82, 2.24) is 20.2 Å². The second kappa shape index (κ2) is 7.23. The van der Waals surface area contributed by atoms with Gasteiger partial charge in [-0.1, -0.05) is 12.1 Å². The zero-order valence-corrected chi connectivity index (χ0v) is 15.2. The quantitative estimate of drug-likeness (QED) is 0.749. The molecule has 3 heterocycles. The summed E-state index contributed by atoms with van der Waals surface area (Å²) < 4.78 is 0. The van der Waals surface area contributed by atoms with Crippen molar-refractivity contribution in [3.63, 3.8) is 0 Å². The highest BCUT2D eigenvalue weighted by Gasteiger charge is 2.31. The van der Waals surface area contributed by atoms with Crippen LogP contribution in [0.3, 0.4) is 0 Å². The van der Waals surface area contributed by atoms with Crippen LogP contribution in [0.25, 0.3) is 22.2 Å². The van der Waals surface area contributed by atoms with Gasteiger partial charge in [-0.15, -0.1) is 0 Å². The van der Waals surface area contributed by atoms with E-state index in [1.54, 1.807) is 4.90 Å². The van der Waals surface area contributed by atoms with Gasteiger partial charge in [0.1, 0.15) is 5.65 Å². The van der Waals surface area contributed by atoms with Crippen molar-refractivity contribution in [2.45, 2.75) is 13.3 Å². The number of aromatic amines is 1. The monoisotopic (exact) mass is 362 g/mol. The Morgan fingerprint density at radius 1 is 1.26 bits per heavy atom. The summed E-state index contributed by atoms with van der Waals surface area (Å²) in [6, 6.07) is 11.6. The van der Waals surface area contributed by atoms with Gasteiger partial charge < -0.3 is 15.2 Å². The standard InChI is InChI=1S/C21H22N4O2/c1-2-22-20(26)17-7-9-25(13-17)21(27)16-5-3-4-14(10-16)18-11-15-6-8-23-19(15)24-12-18/h3-6,8,10-12,17H,2,7,9,13H2,1H3,(H,22,26)(H,23,24). The maximum Gasteiger partial charge on any atom is 0.253 e. The number of amides is 2. The fourth-order valence-corrected chi connectivity index (χ4v) is 3.59. The summed E-state index contributed by atoms with van der Waals surface area (Å²) in [6.45, 7) is 3.61. The number of H-pyrrole nitrogens is 1. The van der Waals surface area contributed by atoms with E-state index < -0.39 is 0 Å². The van der Waals surface area contributed by atoms with E-state index in [0.29, 0.717) is 31.6 Å². The number of fused-ring (bicyclic) bond motifs is 1. The summed E-state index contributed by atoms with van der Waals surface area (Å²) in [4.78, 5) is 34.2. The summed E-state index contributed by atoms with van der Waals surface area (Å²) in [5, 5.41) is 3.88. The molecule has 6 nitrogen and oxygen atoms in total. The number of pyridine rings is 1. The van der Waals surface area contributed by atoms with Gasteiger partial charge in [-0.25, -0.2) is 4.98 Å². The number of nitrogens with zero attached hydrogens (tertiary/aromatic N) is 2. The molecule has 1 saturated heterocycles. The van der Waals surface area contributed by atoms with E-state index in [-0.39, 0.29) is 17.7 Å². The summed E-state index contributed by atoms with van der Waals surface area (Å²) in [5.74, 6) is -0.107. The predicted molar refractivity (Wildman–Crippen MR) is 104 cm³/mol. The van der Waals surface area contributed by atoms with Gasteiger partial charge in [-0.05, 0) is 43.2 Å². The second-order valence-electron chi connectivity index (χ2n) is 6.85. The van der Waals surface area contributed by atoms with Gasteiger partial charge >= 0.3 is 0 Å². The normalized spacial score (nSPS) is 16.6. The molecule has 1 atom stereocenters. The van der Waals surface area contributed by atoms with E-state index in [1.807, 2.05) is 49.6 Å². The van der Waals surface area contributed by atoms with Crippen LogP contribution >= 0.6 is 0 Å². The Kier molecular flexibility index (Phi) is 4.62. The molecule has 1 aliphatic heterocycles. The minimum Gasteiger partial charge on any atom is -0.356 e. The van der Waals surface area contributed by atoms with Crippen LogP contribution in [0, 0.1) is 5.92 Å². The molecule has 0 spiro atoms. The van der Waals surface area contributed by atoms with E-state index in [2.05, 4.69) is 21.4 Å². The molecule has 6 heteroatoms. The maximum atomic E-state index is 12.9. The number of carbonyl (C=O) groups excluding carboxylic acids is 2. The fraction of sp³-hybridized carbons (Fsp3) is 0.286. The van der Waals surface area contributed by atoms with E-state index in [4.69, 9.17) is 0 Å². The van der Waals surface area contributed by atoms with Crippen molar-refractivity contribution in [3.8, 4) is 11.1 Å². The molecule has 0 saturated carbocycles. The van der Waals surface area contributed by atoms with Crippen LogP contribution in [0.5, 0.6) is 0 Å². The number of carbonyl (C=O) groups is 2. The van der Waals surface area contributed by atoms with Crippen LogP contribution in [-0.2, 0) is 4.79 Å². The first-order valence-corrected chi connectivity index (χ1v) is 9.26. The average Bonchev–Trinajstić information content (AvgIpc) is 3.36. The third-order valence-electron chi connectivity index (χ3n) is 5.04. The SMILES string of the molecule is CCNC(=O)C1CCN(C(=O)c2cccc(-c3cnc4[nH]ccc4c3)c2)C1. The highest BCUT2D eigenvalue weighted by Crippen LogP contribution is 2.25. The Labute approximate surface area is 157 Å². The molecule has 1 fully saturated rings. The Balaban J connectivity index is 1.53. The number of hydrogen-bond donors (Lipinski definition) is 2. The first-order chi connectivity index (χ1) is 13.2. The minimum absolute atomic E-state index is 0.0284. The van der Waals surface area contributed by atoms with Crippen LogP contribution in [-0.4, -0.2) is 46.3 Å². The number of nitrogens with one attached hydrogen (secondary N) is 2. The molecular formula is C21H22N4O2. The van der Waals surface area contributed by atoms with Crippen LogP contribution < -0.4 is 5.32 Å². The third kappa shape index (κ3) is 3.43. The zero-order chi connectivity index (χ0) is 18.8. The zero-order valence-electron chi connectivity index (χ0n) is 15.2. The lowest BCUT2D eigenvalue weighted by atomic mass is 10.0. The van der Waals surface area contributed by atoms with Crippen molar-refractivity contribution in [2.75, 3.05) is 19.6 Å². The number of rotatable bonds is 4. The van der Waals surface area contributed by atoms with Crippen molar-refractivity contribution >= 4 is 22.8 Å². The molecule has 2 aromatic heterocycles. The molecule has 0 bridgehead atoms. The number of benzene rings is 1. The summed E-state index contributed by atoms with van der Waals surface area (Å²) in [7, 11) is 0. The van der Waals surface area contributed by atoms with Gasteiger partial charge in [0.15, 0.2) is 0 Å². The third-order valence-corrected chi connectivity index (χ3v) is 5.04. The molecule has 0 aliphatic carbocycles. The topological polar surface area (TPSA) is 78.1 Å².